The predicted octanol–water partition coefficient (Wildman–Crippen LogP) is 2.30. The average molecular weight is 273 g/mol. The molecule has 0 spiro atoms. The molecule has 1 aromatic heterocycles. The van der Waals surface area contributed by atoms with E-state index in [0.717, 1.165) is 5.56 Å². The summed E-state index contributed by atoms with van der Waals surface area (Å²) < 4.78 is 6.80. The maximum absolute atomic E-state index is 11.0. The average Bonchev–Trinajstić information content (AvgIpc) is 2.92. The molecule has 0 aliphatic rings. The molecule has 6 heteroatoms. The van der Waals surface area contributed by atoms with Crippen LogP contribution in [0, 0.1) is 0 Å². The summed E-state index contributed by atoms with van der Waals surface area (Å²) >= 11 is 0. The quantitative estimate of drug-likeness (QED) is 0.844. The maximum Gasteiger partial charge on any atom is 0.335 e. The molecule has 104 valence electrons. The van der Waals surface area contributed by atoms with Crippen LogP contribution >= 0.6 is 0 Å². The fourth-order valence-corrected chi connectivity index (χ4v) is 1.74. The summed E-state index contributed by atoms with van der Waals surface area (Å²) in [6.45, 7) is 4.12. The van der Waals surface area contributed by atoms with E-state index in [-0.39, 0.29) is 5.56 Å². The van der Waals surface area contributed by atoms with Crippen LogP contribution in [0.2, 0.25) is 0 Å². The largest absolute Gasteiger partial charge is 0.495 e. The van der Waals surface area contributed by atoms with Gasteiger partial charge in [-0.2, -0.15) is 5.10 Å². The van der Waals surface area contributed by atoms with Gasteiger partial charge in [0, 0.05) is 24.5 Å². The van der Waals surface area contributed by atoms with Gasteiger partial charge < -0.3 is 15.2 Å². The van der Waals surface area contributed by atoms with Crippen molar-refractivity contribution in [1.29, 1.82) is 0 Å². The smallest absolute Gasteiger partial charge is 0.335 e. The van der Waals surface area contributed by atoms with Gasteiger partial charge in [0.15, 0.2) is 0 Å². The van der Waals surface area contributed by atoms with E-state index in [1.165, 1.54) is 13.2 Å². The zero-order chi connectivity index (χ0) is 14.5. The summed E-state index contributed by atoms with van der Waals surface area (Å²) in [6, 6.07) is 4.67. The number of carboxylic acid groups (broad SMARTS) is 1. The van der Waals surface area contributed by atoms with Gasteiger partial charge in [-0.1, -0.05) is 6.58 Å². The van der Waals surface area contributed by atoms with E-state index in [1.54, 1.807) is 29.2 Å². The number of nitrogens with one attached hydrogen (secondary N) is 1. The molecule has 2 N–H and O–H groups in total. The number of nitrogens with zero attached hydrogens (tertiary/aromatic N) is 2. The molecule has 0 fully saturated rings. The Kier molecular flexibility index (Phi) is 4.05. The number of carbonyl (C=O) groups is 1. The van der Waals surface area contributed by atoms with E-state index in [0.29, 0.717) is 18.0 Å². The van der Waals surface area contributed by atoms with E-state index < -0.39 is 5.97 Å². The third-order valence-corrected chi connectivity index (χ3v) is 2.77. The number of anilines is 1. The molecule has 0 amide bonds. The van der Waals surface area contributed by atoms with Crippen LogP contribution in [0.5, 0.6) is 5.75 Å². The molecule has 1 aromatic carbocycles. The molecular weight excluding hydrogens is 258 g/mol. The Morgan fingerprint density at radius 1 is 1.60 bits per heavy atom. The summed E-state index contributed by atoms with van der Waals surface area (Å²) in [5.41, 5.74) is 1.78. The van der Waals surface area contributed by atoms with E-state index in [9.17, 15) is 4.79 Å². The predicted molar refractivity (Wildman–Crippen MR) is 75.9 cm³/mol. The molecule has 0 aliphatic heterocycles. The summed E-state index contributed by atoms with van der Waals surface area (Å²) in [4.78, 5) is 11.0. The van der Waals surface area contributed by atoms with Gasteiger partial charge >= 0.3 is 5.97 Å². The van der Waals surface area contributed by atoms with Crippen molar-refractivity contribution in [2.24, 2.45) is 0 Å². The minimum atomic E-state index is -0.977. The van der Waals surface area contributed by atoms with Crippen molar-refractivity contribution in [1.82, 2.24) is 9.78 Å². The SMILES string of the molecule is C=Cn1cc(CNc2cc(C(=O)O)ccc2OC)cn1. The van der Waals surface area contributed by atoms with Crippen LogP contribution in [-0.2, 0) is 6.54 Å². The standard InChI is InChI=1S/C14H15N3O3/c1-3-17-9-10(8-16-17)7-15-12-6-11(14(18)19)4-5-13(12)20-2/h3-6,8-9,15H,1,7H2,2H3,(H,18,19). The summed E-state index contributed by atoms with van der Waals surface area (Å²) in [5, 5.41) is 16.2. The Balaban J connectivity index is 2.16. The van der Waals surface area contributed by atoms with Gasteiger partial charge in [-0.3, -0.25) is 0 Å². The monoisotopic (exact) mass is 273 g/mol. The van der Waals surface area contributed by atoms with Crippen molar-refractivity contribution in [3.05, 3.63) is 48.3 Å². The van der Waals surface area contributed by atoms with E-state index >= 15 is 0 Å². The summed E-state index contributed by atoms with van der Waals surface area (Å²) in [7, 11) is 1.54. The van der Waals surface area contributed by atoms with Crippen molar-refractivity contribution in [2.45, 2.75) is 6.54 Å². The van der Waals surface area contributed by atoms with Crippen LogP contribution in [0.3, 0.4) is 0 Å². The zero-order valence-corrected chi connectivity index (χ0v) is 11.0. The van der Waals surface area contributed by atoms with Crippen LogP contribution in [0.1, 0.15) is 15.9 Å². The molecule has 0 atom stereocenters. The highest BCUT2D eigenvalue weighted by Crippen LogP contribution is 2.26. The molecule has 20 heavy (non-hydrogen) atoms. The number of ether oxygens (including phenoxy) is 1. The van der Waals surface area contributed by atoms with E-state index in [4.69, 9.17) is 9.84 Å². The van der Waals surface area contributed by atoms with Crippen molar-refractivity contribution < 1.29 is 14.6 Å². The molecule has 1 heterocycles. The third kappa shape index (κ3) is 2.97. The highest BCUT2D eigenvalue weighted by atomic mass is 16.5. The summed E-state index contributed by atoms with van der Waals surface area (Å²) in [5.74, 6) is -0.388. The molecule has 0 unspecified atom stereocenters. The number of hydrogen-bond acceptors (Lipinski definition) is 4. The highest BCUT2D eigenvalue weighted by molar-refractivity contribution is 5.89. The number of methoxy groups -OCH3 is 1. The molecule has 0 saturated carbocycles. The Hall–Kier alpha value is -2.76. The first kappa shape index (κ1) is 13.7. The molecule has 2 aromatic rings. The molecule has 2 rings (SSSR count). The van der Waals surface area contributed by atoms with Gasteiger partial charge in [0.2, 0.25) is 0 Å². The summed E-state index contributed by atoms with van der Waals surface area (Å²) in [6.07, 6.45) is 5.13. The van der Waals surface area contributed by atoms with Gasteiger partial charge in [-0.15, -0.1) is 0 Å². The van der Waals surface area contributed by atoms with Gasteiger partial charge in [0.05, 0.1) is 24.6 Å². The van der Waals surface area contributed by atoms with Crippen LogP contribution in [0.15, 0.2) is 37.2 Å². The van der Waals surface area contributed by atoms with Crippen molar-refractivity contribution in [2.75, 3.05) is 12.4 Å². The lowest BCUT2D eigenvalue weighted by Crippen LogP contribution is -2.03. The van der Waals surface area contributed by atoms with Gasteiger partial charge in [0.1, 0.15) is 5.75 Å². The van der Waals surface area contributed by atoms with Crippen molar-refractivity contribution in [3.63, 3.8) is 0 Å². The van der Waals surface area contributed by atoms with Gasteiger partial charge in [0.25, 0.3) is 0 Å². The third-order valence-electron chi connectivity index (χ3n) is 2.77. The Bertz CT molecular complexity index is 634. The number of benzene rings is 1. The molecule has 0 radical (unpaired) electrons. The molecule has 0 saturated heterocycles. The molecule has 6 nitrogen and oxygen atoms in total. The van der Waals surface area contributed by atoms with Crippen LogP contribution in [0.25, 0.3) is 6.20 Å². The first-order valence-electron chi connectivity index (χ1n) is 5.95. The number of aromatic nitrogens is 2. The second kappa shape index (κ2) is 5.92. The minimum absolute atomic E-state index is 0.204. The number of hydrogen-bond donors (Lipinski definition) is 2. The second-order valence-electron chi connectivity index (χ2n) is 4.08. The van der Waals surface area contributed by atoms with Crippen LogP contribution in [0.4, 0.5) is 5.69 Å². The zero-order valence-electron chi connectivity index (χ0n) is 11.0. The maximum atomic E-state index is 11.0. The fourth-order valence-electron chi connectivity index (χ4n) is 1.74. The number of carboxylic acids is 1. The first-order chi connectivity index (χ1) is 9.63. The number of aromatic carboxylic acids is 1. The number of rotatable bonds is 6. The lowest BCUT2D eigenvalue weighted by atomic mass is 10.2. The molecule has 0 bridgehead atoms. The molecule has 0 aliphatic carbocycles. The lowest BCUT2D eigenvalue weighted by Gasteiger charge is -2.11. The molecular formula is C14H15N3O3. The van der Waals surface area contributed by atoms with Crippen LogP contribution in [-0.4, -0.2) is 28.0 Å². The van der Waals surface area contributed by atoms with Crippen molar-refractivity contribution in [3.8, 4) is 5.75 Å². The first-order valence-corrected chi connectivity index (χ1v) is 5.95. The van der Waals surface area contributed by atoms with E-state index in [1.807, 2.05) is 6.20 Å². The topological polar surface area (TPSA) is 76.4 Å². The Morgan fingerprint density at radius 3 is 3.00 bits per heavy atom. The fraction of sp³-hybridized carbons (Fsp3) is 0.143. The highest BCUT2D eigenvalue weighted by Gasteiger charge is 2.09. The second-order valence-corrected chi connectivity index (χ2v) is 4.08. The lowest BCUT2D eigenvalue weighted by molar-refractivity contribution is 0.0697. The normalized spacial score (nSPS) is 10.1. The van der Waals surface area contributed by atoms with Crippen LogP contribution < -0.4 is 10.1 Å². The van der Waals surface area contributed by atoms with Gasteiger partial charge in [-0.25, -0.2) is 9.48 Å². The minimum Gasteiger partial charge on any atom is -0.495 e. The van der Waals surface area contributed by atoms with Gasteiger partial charge in [-0.05, 0) is 18.2 Å². The van der Waals surface area contributed by atoms with E-state index in [2.05, 4.69) is 17.0 Å². The Labute approximate surface area is 116 Å². The Morgan fingerprint density at radius 2 is 2.40 bits per heavy atom. The van der Waals surface area contributed by atoms with Crippen molar-refractivity contribution >= 4 is 17.9 Å².